The summed E-state index contributed by atoms with van der Waals surface area (Å²) in [4.78, 5) is 30.7. The van der Waals surface area contributed by atoms with E-state index in [1.165, 1.54) is 13.2 Å². The number of benzene rings is 1. The molecule has 0 aliphatic carbocycles. The number of hydrogen-bond donors (Lipinski definition) is 0. The van der Waals surface area contributed by atoms with E-state index in [0.717, 1.165) is 24.2 Å². The molecule has 8 nitrogen and oxygen atoms in total. The van der Waals surface area contributed by atoms with Crippen LogP contribution in [0.4, 0.5) is 18.9 Å². The number of methoxy groups -OCH3 is 1. The molecule has 0 N–H and O–H groups in total. The number of hydrogen-bond acceptors (Lipinski definition) is 5. The maximum atomic E-state index is 13.1. The molecular weight excluding hydrogens is 513 g/mol. The molecule has 39 heavy (non-hydrogen) atoms. The normalized spacial score (nSPS) is 14.1. The van der Waals surface area contributed by atoms with E-state index < -0.39 is 11.7 Å². The minimum absolute atomic E-state index is 0.0264. The number of carbonyl (C=O) groups is 2. The predicted molar refractivity (Wildman–Crippen MR) is 139 cm³/mol. The van der Waals surface area contributed by atoms with Crippen molar-refractivity contribution in [3.8, 4) is 0 Å². The Kier molecular flexibility index (Phi) is 9.01. The smallest absolute Gasteiger partial charge is 0.416 e. The highest BCUT2D eigenvalue weighted by Crippen LogP contribution is 2.32. The third-order valence-electron chi connectivity index (χ3n) is 6.69. The Morgan fingerprint density at radius 3 is 2.51 bits per heavy atom. The van der Waals surface area contributed by atoms with Crippen molar-refractivity contribution in [2.75, 3.05) is 51.3 Å². The summed E-state index contributed by atoms with van der Waals surface area (Å²) >= 11 is 0. The Bertz CT molecular complexity index is 1260. The first-order valence-corrected chi connectivity index (χ1v) is 12.9. The van der Waals surface area contributed by atoms with Crippen LogP contribution in [0.3, 0.4) is 0 Å². The van der Waals surface area contributed by atoms with Gasteiger partial charge < -0.3 is 28.4 Å². The lowest BCUT2D eigenvalue weighted by molar-refractivity contribution is -0.137. The van der Waals surface area contributed by atoms with Gasteiger partial charge in [0.1, 0.15) is 12.4 Å². The van der Waals surface area contributed by atoms with Gasteiger partial charge in [-0.15, -0.1) is 0 Å². The lowest BCUT2D eigenvalue weighted by atomic mass is 10.1. The standard InChI is InChI=1S/C28H33F3N4O4/c1-3-11-35(26(36)20-38-2)18-23-8-5-12-34(23)19-24-9-10-25(39-24)27(37)33-15-13-32(14-16-33)22-7-4-6-21(17-22)28(29,30)31/h4-10,12,17H,3,11,13-16,18-20H2,1-2H3. The highest BCUT2D eigenvalue weighted by atomic mass is 19.4. The summed E-state index contributed by atoms with van der Waals surface area (Å²) in [5.41, 5.74) is 0.733. The van der Waals surface area contributed by atoms with Gasteiger partial charge in [-0.05, 0) is 48.9 Å². The van der Waals surface area contributed by atoms with Crippen molar-refractivity contribution >= 4 is 17.5 Å². The SMILES string of the molecule is CCCN(Cc1cccn1Cc1ccc(C(=O)N2CCN(c3cccc(C(F)(F)F)c3)CC2)o1)C(=O)COC. The van der Waals surface area contributed by atoms with Crippen molar-refractivity contribution in [2.45, 2.75) is 32.6 Å². The largest absolute Gasteiger partial charge is 0.454 e. The van der Waals surface area contributed by atoms with Gasteiger partial charge in [0.2, 0.25) is 5.91 Å². The van der Waals surface area contributed by atoms with Gasteiger partial charge in [-0.1, -0.05) is 13.0 Å². The Morgan fingerprint density at radius 1 is 1.05 bits per heavy atom. The van der Waals surface area contributed by atoms with Gasteiger partial charge in [0.05, 0.1) is 18.7 Å². The van der Waals surface area contributed by atoms with Gasteiger partial charge in [-0.25, -0.2) is 0 Å². The van der Waals surface area contributed by atoms with Crippen LogP contribution in [0.2, 0.25) is 0 Å². The zero-order valence-corrected chi connectivity index (χ0v) is 22.1. The molecule has 3 aromatic rings. The molecule has 2 aromatic heterocycles. The van der Waals surface area contributed by atoms with Crippen LogP contribution in [0, 0.1) is 0 Å². The van der Waals surface area contributed by atoms with Crippen molar-refractivity contribution in [1.29, 1.82) is 0 Å². The summed E-state index contributed by atoms with van der Waals surface area (Å²) in [7, 11) is 1.50. The molecule has 1 aliphatic rings. The van der Waals surface area contributed by atoms with Crippen molar-refractivity contribution in [2.24, 2.45) is 0 Å². The number of ether oxygens (including phenoxy) is 1. The van der Waals surface area contributed by atoms with Crippen LogP contribution in [0.15, 0.2) is 59.1 Å². The number of anilines is 1. The lowest BCUT2D eigenvalue weighted by Gasteiger charge is -2.36. The second-order valence-corrected chi connectivity index (χ2v) is 9.47. The summed E-state index contributed by atoms with van der Waals surface area (Å²) < 4.78 is 52.1. The molecule has 210 valence electrons. The number of aromatic nitrogens is 1. The quantitative estimate of drug-likeness (QED) is 0.375. The fourth-order valence-electron chi connectivity index (χ4n) is 4.67. The number of piperazine rings is 1. The summed E-state index contributed by atoms with van der Waals surface area (Å²) in [6.07, 6.45) is -1.67. The highest BCUT2D eigenvalue weighted by molar-refractivity contribution is 5.91. The molecule has 0 saturated carbocycles. The topological polar surface area (TPSA) is 71.2 Å². The molecule has 0 bridgehead atoms. The van der Waals surface area contributed by atoms with Gasteiger partial charge in [-0.3, -0.25) is 9.59 Å². The van der Waals surface area contributed by atoms with E-state index in [1.54, 1.807) is 28.0 Å². The minimum atomic E-state index is -4.40. The number of halogens is 3. The van der Waals surface area contributed by atoms with E-state index in [9.17, 15) is 22.8 Å². The average Bonchev–Trinajstić information content (AvgIpc) is 3.57. The monoisotopic (exact) mass is 546 g/mol. The fourth-order valence-corrected chi connectivity index (χ4v) is 4.67. The van der Waals surface area contributed by atoms with Gasteiger partial charge in [0.15, 0.2) is 5.76 Å². The van der Waals surface area contributed by atoms with E-state index >= 15 is 0 Å². The maximum absolute atomic E-state index is 13.1. The first-order chi connectivity index (χ1) is 18.7. The number of alkyl halides is 3. The van der Waals surface area contributed by atoms with Gasteiger partial charge in [-0.2, -0.15) is 13.2 Å². The molecule has 2 amide bonds. The Hall–Kier alpha value is -3.73. The Labute approximate surface area is 225 Å². The summed E-state index contributed by atoms with van der Waals surface area (Å²) in [6.45, 7) is 5.08. The molecule has 1 fully saturated rings. The van der Waals surface area contributed by atoms with Crippen molar-refractivity contribution < 1.29 is 31.9 Å². The molecule has 1 saturated heterocycles. The molecule has 3 heterocycles. The fraction of sp³-hybridized carbons (Fsp3) is 0.429. The highest BCUT2D eigenvalue weighted by Gasteiger charge is 2.31. The lowest BCUT2D eigenvalue weighted by Crippen LogP contribution is -2.48. The molecule has 0 unspecified atom stereocenters. The van der Waals surface area contributed by atoms with Crippen molar-refractivity contribution in [3.05, 3.63) is 77.5 Å². The van der Waals surface area contributed by atoms with Gasteiger partial charge >= 0.3 is 6.18 Å². The number of amides is 2. The van der Waals surface area contributed by atoms with Crippen LogP contribution < -0.4 is 4.90 Å². The second-order valence-electron chi connectivity index (χ2n) is 9.47. The van der Waals surface area contributed by atoms with Crippen LogP contribution in [0.25, 0.3) is 0 Å². The average molecular weight is 547 g/mol. The maximum Gasteiger partial charge on any atom is 0.416 e. The Morgan fingerprint density at radius 2 is 1.82 bits per heavy atom. The van der Waals surface area contributed by atoms with Crippen LogP contribution in [-0.2, 0) is 28.8 Å². The molecule has 11 heteroatoms. The number of rotatable bonds is 10. The van der Waals surface area contributed by atoms with E-state index in [0.29, 0.717) is 57.3 Å². The van der Waals surface area contributed by atoms with Crippen LogP contribution in [-0.4, -0.2) is 72.6 Å². The molecule has 1 aliphatic heterocycles. The van der Waals surface area contributed by atoms with Crippen LogP contribution in [0.5, 0.6) is 0 Å². The zero-order valence-electron chi connectivity index (χ0n) is 22.1. The second kappa shape index (κ2) is 12.4. The van der Waals surface area contributed by atoms with E-state index in [-0.39, 0.29) is 24.2 Å². The van der Waals surface area contributed by atoms with Crippen molar-refractivity contribution in [3.63, 3.8) is 0 Å². The van der Waals surface area contributed by atoms with E-state index in [2.05, 4.69) is 0 Å². The number of furan rings is 1. The van der Waals surface area contributed by atoms with Gasteiger partial charge in [0.25, 0.3) is 5.91 Å². The summed E-state index contributed by atoms with van der Waals surface area (Å²) in [5.74, 6) is 0.487. The third kappa shape index (κ3) is 7.03. The van der Waals surface area contributed by atoms with Crippen LogP contribution in [0.1, 0.15) is 40.9 Å². The van der Waals surface area contributed by atoms with Gasteiger partial charge in [0, 0.05) is 57.4 Å². The number of carbonyl (C=O) groups excluding carboxylic acids is 2. The first kappa shape index (κ1) is 28.3. The molecule has 0 atom stereocenters. The first-order valence-electron chi connectivity index (χ1n) is 12.9. The molecule has 4 rings (SSSR count). The molecular formula is C28H33F3N4O4. The van der Waals surface area contributed by atoms with E-state index in [1.807, 2.05) is 34.7 Å². The Balaban J connectivity index is 1.35. The number of nitrogens with zero attached hydrogens (tertiary/aromatic N) is 4. The molecule has 0 spiro atoms. The molecule has 0 radical (unpaired) electrons. The van der Waals surface area contributed by atoms with Crippen LogP contribution >= 0.6 is 0 Å². The summed E-state index contributed by atoms with van der Waals surface area (Å²) in [5, 5.41) is 0. The zero-order chi connectivity index (χ0) is 28.0. The minimum Gasteiger partial charge on any atom is -0.454 e. The summed E-state index contributed by atoms with van der Waals surface area (Å²) in [6, 6.07) is 12.5. The third-order valence-corrected chi connectivity index (χ3v) is 6.69. The molecule has 1 aromatic carbocycles. The predicted octanol–water partition coefficient (Wildman–Crippen LogP) is 4.50. The van der Waals surface area contributed by atoms with E-state index in [4.69, 9.17) is 9.15 Å². The van der Waals surface area contributed by atoms with Crippen molar-refractivity contribution in [1.82, 2.24) is 14.4 Å².